The van der Waals surface area contributed by atoms with E-state index in [-0.39, 0.29) is 46.6 Å². The van der Waals surface area contributed by atoms with Gasteiger partial charge in [-0.15, -0.1) is 0 Å². The average molecular weight is 496 g/mol. The molecule has 0 bridgehead atoms. The number of nitro groups is 1. The predicted molar refractivity (Wildman–Crippen MR) is 137 cm³/mol. The van der Waals surface area contributed by atoms with Crippen molar-refractivity contribution in [3.8, 4) is 28.8 Å². The molecule has 0 aliphatic rings. The molecule has 0 spiro atoms. The van der Waals surface area contributed by atoms with E-state index in [4.69, 9.17) is 9.47 Å². The number of H-pyrrole nitrogens is 1. The molecule has 4 rings (SSSR count). The Hall–Kier alpha value is -5.50. The number of ether oxygens (including phenoxy) is 2. The van der Waals surface area contributed by atoms with Gasteiger partial charge in [0.15, 0.2) is 11.5 Å². The Bertz CT molecular complexity index is 1550. The van der Waals surface area contributed by atoms with Gasteiger partial charge in [-0.05, 0) is 11.6 Å². The summed E-state index contributed by atoms with van der Waals surface area (Å²) in [6.45, 7) is 0.225. The fourth-order valence-corrected chi connectivity index (χ4v) is 3.43. The zero-order chi connectivity index (χ0) is 26.2. The number of methoxy groups -OCH3 is 1. The topological polar surface area (TPSA) is 156 Å². The number of aromatic amines is 1. The molecule has 0 saturated heterocycles. The monoisotopic (exact) mass is 496 g/mol. The molecule has 0 saturated carbocycles. The normalized spacial score (nSPS) is 10.6. The highest BCUT2D eigenvalue weighted by molar-refractivity contribution is 5.87. The lowest BCUT2D eigenvalue weighted by molar-refractivity contribution is -0.385. The maximum absolute atomic E-state index is 12.4. The summed E-state index contributed by atoms with van der Waals surface area (Å²) in [6, 6.07) is 22.7. The first-order valence-corrected chi connectivity index (χ1v) is 10.9. The predicted octanol–water partition coefficient (Wildman–Crippen LogP) is 4.25. The number of nitrogens with one attached hydrogen (secondary N) is 2. The molecule has 4 aromatic rings. The van der Waals surface area contributed by atoms with E-state index < -0.39 is 10.5 Å². The SMILES string of the molecule is COc1cc([N+](=O)[O-])c(C=NNc2nc(-c3ccccc3)c(C#N)c(=O)[nH]2)cc1OCc1ccccc1. The van der Waals surface area contributed by atoms with Crippen molar-refractivity contribution < 1.29 is 14.4 Å². The molecule has 1 aromatic heterocycles. The van der Waals surface area contributed by atoms with Crippen molar-refractivity contribution in [2.45, 2.75) is 6.61 Å². The third-order valence-electron chi connectivity index (χ3n) is 5.20. The zero-order valence-electron chi connectivity index (χ0n) is 19.5. The van der Waals surface area contributed by atoms with E-state index >= 15 is 0 Å². The van der Waals surface area contributed by atoms with E-state index in [0.29, 0.717) is 5.56 Å². The largest absolute Gasteiger partial charge is 0.493 e. The van der Waals surface area contributed by atoms with Crippen LogP contribution in [0.3, 0.4) is 0 Å². The van der Waals surface area contributed by atoms with Crippen molar-refractivity contribution >= 4 is 17.9 Å². The van der Waals surface area contributed by atoms with Crippen LogP contribution in [0.4, 0.5) is 11.6 Å². The summed E-state index contributed by atoms with van der Waals surface area (Å²) >= 11 is 0. The second kappa shape index (κ2) is 11.3. The number of hydrogen-bond donors (Lipinski definition) is 2. The lowest BCUT2D eigenvalue weighted by atomic mass is 10.1. The van der Waals surface area contributed by atoms with Crippen LogP contribution in [0.5, 0.6) is 11.5 Å². The van der Waals surface area contributed by atoms with Crippen molar-refractivity contribution in [1.82, 2.24) is 9.97 Å². The Kier molecular flexibility index (Phi) is 7.51. The van der Waals surface area contributed by atoms with Gasteiger partial charge in [0.1, 0.15) is 18.2 Å². The minimum absolute atomic E-state index is 0.0455. The summed E-state index contributed by atoms with van der Waals surface area (Å²) in [5, 5.41) is 25.1. The van der Waals surface area contributed by atoms with E-state index in [9.17, 15) is 20.2 Å². The van der Waals surface area contributed by atoms with E-state index in [1.165, 1.54) is 25.5 Å². The van der Waals surface area contributed by atoms with Gasteiger partial charge in [-0.25, -0.2) is 10.4 Å². The zero-order valence-corrected chi connectivity index (χ0v) is 19.5. The van der Waals surface area contributed by atoms with Crippen LogP contribution in [0.2, 0.25) is 0 Å². The highest BCUT2D eigenvalue weighted by Gasteiger charge is 2.19. The first-order chi connectivity index (χ1) is 18.0. The van der Waals surface area contributed by atoms with E-state index in [0.717, 1.165) is 5.56 Å². The first-order valence-electron chi connectivity index (χ1n) is 10.9. The molecule has 37 heavy (non-hydrogen) atoms. The number of nitrogens with zero attached hydrogens (tertiary/aromatic N) is 4. The van der Waals surface area contributed by atoms with E-state index in [1.807, 2.05) is 36.4 Å². The molecule has 184 valence electrons. The summed E-state index contributed by atoms with van der Waals surface area (Å²) in [5.74, 6) is 0.434. The van der Waals surface area contributed by atoms with Crippen LogP contribution in [-0.2, 0) is 6.61 Å². The van der Waals surface area contributed by atoms with Gasteiger partial charge in [0.25, 0.3) is 11.2 Å². The summed E-state index contributed by atoms with van der Waals surface area (Å²) in [6.07, 6.45) is 1.20. The molecule has 1 heterocycles. The minimum atomic E-state index is -0.652. The van der Waals surface area contributed by atoms with Crippen LogP contribution in [0.25, 0.3) is 11.3 Å². The second-order valence-corrected chi connectivity index (χ2v) is 7.58. The molecule has 0 fully saturated rings. The third-order valence-corrected chi connectivity index (χ3v) is 5.20. The number of aromatic nitrogens is 2. The summed E-state index contributed by atoms with van der Waals surface area (Å²) < 4.78 is 11.1. The Balaban J connectivity index is 1.63. The fourth-order valence-electron chi connectivity index (χ4n) is 3.43. The fraction of sp³-hybridized carbons (Fsp3) is 0.0769. The molecule has 0 aliphatic carbocycles. The van der Waals surface area contributed by atoms with Crippen LogP contribution < -0.4 is 20.5 Å². The van der Waals surface area contributed by atoms with Gasteiger partial charge in [-0.2, -0.15) is 10.4 Å². The smallest absolute Gasteiger partial charge is 0.282 e. The Morgan fingerprint density at radius 3 is 2.49 bits per heavy atom. The first kappa shape index (κ1) is 24.6. The highest BCUT2D eigenvalue weighted by Crippen LogP contribution is 2.34. The van der Waals surface area contributed by atoms with E-state index in [1.54, 1.807) is 30.3 Å². The molecule has 11 nitrogen and oxygen atoms in total. The number of nitro benzene ring substituents is 1. The van der Waals surface area contributed by atoms with Crippen molar-refractivity contribution in [3.05, 3.63) is 110 Å². The molecular weight excluding hydrogens is 476 g/mol. The number of rotatable bonds is 9. The van der Waals surface area contributed by atoms with Crippen molar-refractivity contribution in [2.24, 2.45) is 5.10 Å². The molecule has 0 amide bonds. The van der Waals surface area contributed by atoms with Crippen molar-refractivity contribution in [1.29, 1.82) is 5.26 Å². The van der Waals surface area contributed by atoms with Gasteiger partial charge >= 0.3 is 0 Å². The van der Waals surface area contributed by atoms with Gasteiger partial charge in [-0.3, -0.25) is 19.9 Å². The van der Waals surface area contributed by atoms with Crippen LogP contribution in [0.1, 0.15) is 16.7 Å². The molecule has 0 aliphatic heterocycles. The third kappa shape index (κ3) is 5.77. The lowest BCUT2D eigenvalue weighted by Crippen LogP contribution is -2.16. The number of nitriles is 1. The van der Waals surface area contributed by atoms with Crippen LogP contribution in [0, 0.1) is 21.4 Å². The van der Waals surface area contributed by atoms with Gasteiger partial charge in [0.05, 0.1) is 35.6 Å². The van der Waals surface area contributed by atoms with E-state index in [2.05, 4.69) is 20.5 Å². The van der Waals surface area contributed by atoms with Crippen molar-refractivity contribution in [3.63, 3.8) is 0 Å². The standard InChI is InChI=1S/C26H20N6O5/c1-36-22-13-21(32(34)35)19(12-23(22)37-16-17-8-4-2-5-9-17)15-28-31-26-29-24(18-10-6-3-7-11-18)20(14-27)25(33)30-26/h2-13,15H,16H2,1H3,(H2,29,30,31,33). The number of anilines is 1. The van der Waals surface area contributed by atoms with Crippen molar-refractivity contribution in [2.75, 3.05) is 12.5 Å². The Morgan fingerprint density at radius 2 is 1.84 bits per heavy atom. The molecular formula is C26H20N6O5. The van der Waals surface area contributed by atoms with Gasteiger partial charge in [-0.1, -0.05) is 60.7 Å². The Morgan fingerprint density at radius 1 is 1.14 bits per heavy atom. The summed E-state index contributed by atoms with van der Waals surface area (Å²) in [7, 11) is 1.39. The summed E-state index contributed by atoms with van der Waals surface area (Å²) in [5.41, 5.74) is 3.29. The number of benzene rings is 3. The lowest BCUT2D eigenvalue weighted by Gasteiger charge is -2.12. The molecule has 2 N–H and O–H groups in total. The maximum atomic E-state index is 12.4. The highest BCUT2D eigenvalue weighted by atomic mass is 16.6. The second-order valence-electron chi connectivity index (χ2n) is 7.58. The van der Waals surface area contributed by atoms with Gasteiger partial charge in [0, 0.05) is 5.56 Å². The van der Waals surface area contributed by atoms with Crippen LogP contribution in [-0.4, -0.2) is 28.2 Å². The maximum Gasteiger partial charge on any atom is 0.282 e. The molecule has 0 atom stereocenters. The molecule has 0 unspecified atom stereocenters. The summed E-state index contributed by atoms with van der Waals surface area (Å²) in [4.78, 5) is 30.2. The van der Waals surface area contributed by atoms with Crippen LogP contribution in [0.15, 0.2) is 82.7 Å². The quantitative estimate of drug-likeness (QED) is 0.198. The molecule has 3 aromatic carbocycles. The number of hydrogen-bond acceptors (Lipinski definition) is 9. The van der Waals surface area contributed by atoms with Gasteiger partial charge in [0.2, 0.25) is 5.95 Å². The molecule has 11 heteroatoms. The average Bonchev–Trinajstić information content (AvgIpc) is 2.92. The Labute approximate surface area is 210 Å². The minimum Gasteiger partial charge on any atom is -0.493 e. The molecule has 0 radical (unpaired) electrons. The number of hydrazone groups is 1. The van der Waals surface area contributed by atoms with Gasteiger partial charge < -0.3 is 9.47 Å². The van der Waals surface area contributed by atoms with Crippen LogP contribution >= 0.6 is 0 Å².